The number of aromatic nitrogens is 3. The largest absolute Gasteiger partial charge is 0.494 e. The van der Waals surface area contributed by atoms with E-state index in [1.54, 1.807) is 47.0 Å². The summed E-state index contributed by atoms with van der Waals surface area (Å²) in [4.78, 5) is 0. The van der Waals surface area contributed by atoms with E-state index in [0.29, 0.717) is 34.5 Å². The van der Waals surface area contributed by atoms with Gasteiger partial charge in [-0.25, -0.2) is 8.42 Å². The molecule has 0 spiro atoms. The molecule has 0 bridgehead atoms. The normalized spacial score (nSPS) is 11.3. The summed E-state index contributed by atoms with van der Waals surface area (Å²) in [7, 11) is -0.712. The molecule has 1 heterocycles. The average Bonchev–Trinajstić information content (AvgIpc) is 3.25. The SMILES string of the molecule is COc1cccc(OC)c1-n1c(NS(=O)(=O)CCc2ccc(Cl)cc2)nnc1-c1ccccc1. The van der Waals surface area contributed by atoms with Gasteiger partial charge < -0.3 is 9.47 Å². The van der Waals surface area contributed by atoms with Crippen LogP contribution in [0.4, 0.5) is 5.95 Å². The van der Waals surface area contributed by atoms with E-state index in [2.05, 4.69) is 14.9 Å². The van der Waals surface area contributed by atoms with Crippen LogP contribution in [0.5, 0.6) is 11.5 Å². The van der Waals surface area contributed by atoms with Gasteiger partial charge in [0.1, 0.15) is 17.2 Å². The van der Waals surface area contributed by atoms with Crippen LogP contribution in [-0.4, -0.2) is 43.2 Å². The lowest BCUT2D eigenvalue weighted by Crippen LogP contribution is -2.21. The number of nitrogens with one attached hydrogen (secondary N) is 1. The van der Waals surface area contributed by atoms with E-state index in [-0.39, 0.29) is 11.7 Å². The second-order valence-electron chi connectivity index (χ2n) is 7.36. The second kappa shape index (κ2) is 10.1. The molecule has 0 aliphatic carbocycles. The van der Waals surface area contributed by atoms with Crippen molar-refractivity contribution < 1.29 is 17.9 Å². The summed E-state index contributed by atoms with van der Waals surface area (Å²) in [6.07, 6.45) is 0.310. The first-order valence-electron chi connectivity index (χ1n) is 10.4. The molecule has 1 N–H and O–H groups in total. The van der Waals surface area contributed by atoms with Crippen LogP contribution >= 0.6 is 11.6 Å². The predicted octanol–water partition coefficient (Wildman–Crippen LogP) is 4.59. The summed E-state index contributed by atoms with van der Waals surface area (Å²) in [6.45, 7) is 0. The Labute approximate surface area is 203 Å². The quantitative estimate of drug-likeness (QED) is 0.362. The van der Waals surface area contributed by atoms with Crippen molar-refractivity contribution in [2.45, 2.75) is 6.42 Å². The van der Waals surface area contributed by atoms with Crippen LogP contribution in [0.15, 0.2) is 72.8 Å². The number of halogens is 1. The zero-order chi connectivity index (χ0) is 24.1. The average molecular weight is 499 g/mol. The molecule has 34 heavy (non-hydrogen) atoms. The van der Waals surface area contributed by atoms with E-state index in [0.717, 1.165) is 11.1 Å². The topological polar surface area (TPSA) is 95.3 Å². The molecule has 0 fully saturated rings. The Bertz CT molecular complexity index is 1350. The lowest BCUT2D eigenvalue weighted by atomic mass is 10.2. The van der Waals surface area contributed by atoms with E-state index in [9.17, 15) is 8.42 Å². The van der Waals surface area contributed by atoms with Gasteiger partial charge in [-0.1, -0.05) is 60.1 Å². The molecule has 0 radical (unpaired) electrons. The number of hydrogen-bond donors (Lipinski definition) is 1. The monoisotopic (exact) mass is 498 g/mol. The maximum atomic E-state index is 13.0. The molecule has 176 valence electrons. The Morgan fingerprint density at radius 1 is 0.882 bits per heavy atom. The summed E-state index contributed by atoms with van der Waals surface area (Å²) < 4.78 is 41.3. The summed E-state index contributed by atoms with van der Waals surface area (Å²) in [5.74, 6) is 1.25. The fourth-order valence-corrected chi connectivity index (χ4v) is 4.62. The Balaban J connectivity index is 1.75. The predicted molar refractivity (Wildman–Crippen MR) is 132 cm³/mol. The van der Waals surface area contributed by atoms with Gasteiger partial charge in [0.05, 0.1) is 20.0 Å². The molecule has 0 saturated heterocycles. The number of hydrogen-bond acceptors (Lipinski definition) is 6. The highest BCUT2D eigenvalue weighted by atomic mass is 35.5. The smallest absolute Gasteiger partial charge is 0.243 e. The first-order valence-corrected chi connectivity index (χ1v) is 12.4. The molecule has 0 unspecified atom stereocenters. The first-order chi connectivity index (χ1) is 16.4. The van der Waals surface area contributed by atoms with E-state index in [4.69, 9.17) is 21.1 Å². The highest BCUT2D eigenvalue weighted by Gasteiger charge is 2.25. The highest BCUT2D eigenvalue weighted by molar-refractivity contribution is 7.92. The minimum atomic E-state index is -3.77. The molecule has 3 aromatic carbocycles. The third-order valence-corrected chi connectivity index (χ3v) is 6.63. The van der Waals surface area contributed by atoms with Crippen molar-refractivity contribution >= 4 is 27.6 Å². The van der Waals surface area contributed by atoms with E-state index in [1.807, 2.05) is 30.3 Å². The van der Waals surface area contributed by atoms with Crippen molar-refractivity contribution in [2.24, 2.45) is 0 Å². The van der Waals surface area contributed by atoms with E-state index in [1.165, 1.54) is 14.2 Å². The van der Waals surface area contributed by atoms with Crippen molar-refractivity contribution in [3.05, 3.63) is 83.4 Å². The highest BCUT2D eigenvalue weighted by Crippen LogP contribution is 2.37. The standard InChI is InChI=1S/C24H23ClN4O4S/c1-32-20-9-6-10-21(33-2)22(20)29-23(18-7-4-3-5-8-18)26-27-24(29)28-34(30,31)16-15-17-11-13-19(25)14-12-17/h3-14H,15-16H2,1-2H3,(H,27,28). The molecule has 1 aromatic heterocycles. The van der Waals surface area contributed by atoms with Crippen LogP contribution in [0.25, 0.3) is 17.1 Å². The summed E-state index contributed by atoms with van der Waals surface area (Å²) >= 11 is 5.92. The molecule has 4 rings (SSSR count). The summed E-state index contributed by atoms with van der Waals surface area (Å²) in [6, 6.07) is 21.7. The van der Waals surface area contributed by atoms with Gasteiger partial charge in [-0.15, -0.1) is 10.2 Å². The molecular weight excluding hydrogens is 476 g/mol. The maximum Gasteiger partial charge on any atom is 0.243 e. The minimum Gasteiger partial charge on any atom is -0.494 e. The Hall–Kier alpha value is -3.56. The number of ether oxygens (including phenoxy) is 2. The van der Waals surface area contributed by atoms with Gasteiger partial charge in [-0.3, -0.25) is 9.29 Å². The van der Waals surface area contributed by atoms with Gasteiger partial charge in [0.2, 0.25) is 16.0 Å². The van der Waals surface area contributed by atoms with Crippen molar-refractivity contribution in [3.63, 3.8) is 0 Å². The van der Waals surface area contributed by atoms with Gasteiger partial charge in [-0.2, -0.15) is 0 Å². The number of sulfonamides is 1. The number of benzene rings is 3. The number of para-hydroxylation sites is 1. The molecule has 0 amide bonds. The Morgan fingerprint density at radius 3 is 2.15 bits per heavy atom. The number of anilines is 1. The molecular formula is C24H23ClN4O4S. The van der Waals surface area contributed by atoms with Crippen LogP contribution in [0.2, 0.25) is 5.02 Å². The van der Waals surface area contributed by atoms with Crippen molar-refractivity contribution in [3.8, 4) is 28.6 Å². The number of methoxy groups -OCH3 is 2. The zero-order valence-electron chi connectivity index (χ0n) is 18.6. The molecule has 0 atom stereocenters. The van der Waals surface area contributed by atoms with E-state index >= 15 is 0 Å². The zero-order valence-corrected chi connectivity index (χ0v) is 20.2. The van der Waals surface area contributed by atoms with E-state index < -0.39 is 10.0 Å². The lowest BCUT2D eigenvalue weighted by Gasteiger charge is -2.17. The van der Waals surface area contributed by atoms with Crippen molar-refractivity contribution in [1.82, 2.24) is 14.8 Å². The lowest BCUT2D eigenvalue weighted by molar-refractivity contribution is 0.391. The van der Waals surface area contributed by atoms with Crippen LogP contribution in [0.3, 0.4) is 0 Å². The molecule has 0 aliphatic heterocycles. The Kier molecular flexibility index (Phi) is 7.04. The van der Waals surface area contributed by atoms with Gasteiger partial charge in [0, 0.05) is 10.6 Å². The van der Waals surface area contributed by atoms with Gasteiger partial charge in [-0.05, 0) is 36.2 Å². The molecule has 8 nitrogen and oxygen atoms in total. The van der Waals surface area contributed by atoms with Crippen LogP contribution in [0, 0.1) is 0 Å². The van der Waals surface area contributed by atoms with Gasteiger partial charge in [0.15, 0.2) is 5.82 Å². The number of rotatable bonds is 9. The maximum absolute atomic E-state index is 13.0. The first kappa shape index (κ1) is 23.6. The van der Waals surface area contributed by atoms with Crippen LogP contribution < -0.4 is 14.2 Å². The van der Waals surface area contributed by atoms with Crippen LogP contribution in [-0.2, 0) is 16.4 Å². The third-order valence-electron chi connectivity index (χ3n) is 5.14. The van der Waals surface area contributed by atoms with Crippen molar-refractivity contribution in [2.75, 3.05) is 24.7 Å². The van der Waals surface area contributed by atoms with Gasteiger partial charge >= 0.3 is 0 Å². The van der Waals surface area contributed by atoms with Crippen LogP contribution in [0.1, 0.15) is 5.56 Å². The summed E-state index contributed by atoms with van der Waals surface area (Å²) in [5.41, 5.74) is 2.08. The Morgan fingerprint density at radius 2 is 1.53 bits per heavy atom. The minimum absolute atomic E-state index is 0.0257. The molecule has 0 saturated carbocycles. The molecule has 4 aromatic rings. The fraction of sp³-hybridized carbons (Fsp3) is 0.167. The third kappa shape index (κ3) is 5.16. The number of aryl methyl sites for hydroxylation is 1. The number of nitrogens with zero attached hydrogens (tertiary/aromatic N) is 3. The van der Waals surface area contributed by atoms with Crippen molar-refractivity contribution in [1.29, 1.82) is 0 Å². The molecule has 10 heteroatoms. The second-order valence-corrected chi connectivity index (χ2v) is 9.64. The fourth-order valence-electron chi connectivity index (χ4n) is 3.48. The van der Waals surface area contributed by atoms with Gasteiger partial charge in [0.25, 0.3) is 0 Å². The summed E-state index contributed by atoms with van der Waals surface area (Å²) in [5, 5.41) is 9.05. The molecule has 0 aliphatic rings.